The molecular formula is C136H94N6. The van der Waals surface area contributed by atoms with Crippen LogP contribution in [0.2, 0.25) is 0 Å². The van der Waals surface area contributed by atoms with Crippen LogP contribution in [0.15, 0.2) is 540 Å². The SMILES string of the molecule is Cc1ccc2c(-c3ccccc3)c3ccccc3c(-c3ccc(-n4c(-c5ccccc5)nc5ccccc54)cc3)c2c1.c1ccc(-c2ccc(-c3c4ccccc4c(-c4ccccc4)c4cc(-c5ccc(-c6nc7ccccc7n6-c6ccccc6)cc5)ccc34)cc2)cc1.c1ccc(-c2ccc3c(-c4ccccc4)c4ccccc4c(-c4ccc(N5c6ccccc6NC5c5ccccc5)cc4)c3c2)cc1. The highest BCUT2D eigenvalue weighted by Crippen LogP contribution is 2.52. The molecule has 1 unspecified atom stereocenters. The quantitative estimate of drug-likeness (QED) is 0.104. The molecule has 142 heavy (non-hydrogen) atoms. The van der Waals surface area contributed by atoms with Gasteiger partial charge in [-0.2, -0.15) is 0 Å². The van der Waals surface area contributed by atoms with Crippen molar-refractivity contribution in [3.8, 4) is 134 Å². The Morgan fingerprint density at radius 1 is 0.190 bits per heavy atom. The molecule has 0 amide bonds. The number of imidazole rings is 2. The Kier molecular flexibility index (Phi) is 22.2. The first-order chi connectivity index (χ1) is 70.4. The van der Waals surface area contributed by atoms with Crippen LogP contribution < -0.4 is 10.2 Å². The zero-order valence-corrected chi connectivity index (χ0v) is 78.2. The van der Waals surface area contributed by atoms with Crippen molar-refractivity contribution in [2.75, 3.05) is 10.2 Å². The number of para-hydroxylation sites is 7. The molecule has 668 valence electrons. The van der Waals surface area contributed by atoms with E-state index in [1.54, 1.807) is 0 Å². The fourth-order valence-electron chi connectivity index (χ4n) is 21.6. The molecule has 26 aromatic rings. The summed E-state index contributed by atoms with van der Waals surface area (Å²) in [6.45, 7) is 2.18. The Morgan fingerprint density at radius 3 is 0.880 bits per heavy atom. The molecule has 0 bridgehead atoms. The van der Waals surface area contributed by atoms with Crippen molar-refractivity contribution in [3.05, 3.63) is 551 Å². The van der Waals surface area contributed by atoms with Crippen LogP contribution in [0.3, 0.4) is 0 Å². The van der Waals surface area contributed by atoms with E-state index >= 15 is 0 Å². The van der Waals surface area contributed by atoms with Crippen LogP contribution in [0, 0.1) is 6.92 Å². The zero-order chi connectivity index (χ0) is 94.3. The highest BCUT2D eigenvalue weighted by atomic mass is 15.3. The number of hydrogen-bond acceptors (Lipinski definition) is 4. The summed E-state index contributed by atoms with van der Waals surface area (Å²) in [6.07, 6.45) is 0.0136. The number of benzene rings is 24. The van der Waals surface area contributed by atoms with Gasteiger partial charge >= 0.3 is 0 Å². The highest BCUT2D eigenvalue weighted by molar-refractivity contribution is 6.25. The first kappa shape index (κ1) is 85.1. The van der Waals surface area contributed by atoms with E-state index in [0.717, 1.165) is 67.6 Å². The standard InChI is InChI=1S/C51H34N2.C45H32N2.C40H28N2/c1-4-14-35(15-5-1)36-24-28-39(29-25-36)49-43-20-10-11-21-44(43)50(38-16-6-2-7-17-38)46-34-41(32-33-45(46)49)37-26-30-40(31-27-37)51-52-47-22-12-13-23-48(47)53(51)42-18-8-3-9-19-42;1-4-14-31(15-5-1)35-26-29-39-40(30-35)44(38-21-11-10-20-37(38)43(39)32-16-6-2-7-17-32)33-24-27-36(28-25-33)47-42-23-13-12-22-41(42)46-45(47)34-18-8-3-9-19-34;1-27-20-25-34-35(26-27)39(33-17-9-8-16-32(33)38(34)28-12-4-2-5-13-28)29-21-23-31(24-22-29)42-37-19-11-10-18-36(37)41-40(42)30-14-6-3-7-15-30/h1-34H;1-30,45-46H;2-26H,1H3. The van der Waals surface area contributed by atoms with E-state index in [1.165, 1.54) is 182 Å². The van der Waals surface area contributed by atoms with Gasteiger partial charge in [-0.15, -0.1) is 0 Å². The van der Waals surface area contributed by atoms with Crippen LogP contribution >= 0.6 is 0 Å². The van der Waals surface area contributed by atoms with Gasteiger partial charge in [-0.05, 0) is 262 Å². The van der Waals surface area contributed by atoms with E-state index < -0.39 is 0 Å². The number of hydrogen-bond donors (Lipinski definition) is 1. The van der Waals surface area contributed by atoms with Crippen molar-refractivity contribution in [2.45, 2.75) is 13.1 Å². The van der Waals surface area contributed by atoms with Crippen molar-refractivity contribution in [3.63, 3.8) is 0 Å². The third-order valence-corrected chi connectivity index (χ3v) is 28.1. The van der Waals surface area contributed by atoms with E-state index in [2.05, 4.69) is 560 Å². The molecule has 27 rings (SSSR count). The van der Waals surface area contributed by atoms with Crippen molar-refractivity contribution in [1.82, 2.24) is 19.1 Å². The van der Waals surface area contributed by atoms with Crippen LogP contribution in [-0.2, 0) is 0 Å². The summed E-state index contributed by atoms with van der Waals surface area (Å²) < 4.78 is 4.53. The van der Waals surface area contributed by atoms with Crippen LogP contribution in [0.5, 0.6) is 0 Å². The second-order valence-electron chi connectivity index (χ2n) is 36.6. The summed E-state index contributed by atoms with van der Waals surface area (Å²) >= 11 is 0. The third kappa shape index (κ3) is 15.7. The second-order valence-corrected chi connectivity index (χ2v) is 36.6. The van der Waals surface area contributed by atoms with E-state index in [0.29, 0.717) is 0 Å². The van der Waals surface area contributed by atoms with Gasteiger partial charge in [-0.1, -0.05) is 461 Å². The van der Waals surface area contributed by atoms with Gasteiger partial charge in [0.1, 0.15) is 17.8 Å². The maximum absolute atomic E-state index is 5.10. The minimum Gasteiger partial charge on any atom is -0.359 e. The lowest BCUT2D eigenvalue weighted by Gasteiger charge is -2.27. The van der Waals surface area contributed by atoms with E-state index in [-0.39, 0.29) is 6.17 Å². The molecule has 0 spiro atoms. The molecular weight excluding hydrogens is 1720 g/mol. The van der Waals surface area contributed by atoms with Gasteiger partial charge in [0.25, 0.3) is 0 Å². The van der Waals surface area contributed by atoms with Crippen LogP contribution in [-0.4, -0.2) is 19.1 Å². The Hall–Kier alpha value is -18.6. The molecule has 1 aliphatic rings. The lowest BCUT2D eigenvalue weighted by Crippen LogP contribution is -2.23. The number of anilines is 3. The van der Waals surface area contributed by atoms with Gasteiger partial charge in [0.15, 0.2) is 0 Å². The monoisotopic (exact) mass is 1810 g/mol. The van der Waals surface area contributed by atoms with Crippen molar-refractivity contribution in [2.24, 2.45) is 0 Å². The van der Waals surface area contributed by atoms with Gasteiger partial charge in [0, 0.05) is 28.2 Å². The molecule has 3 heterocycles. The molecule has 0 aliphatic carbocycles. The first-order valence-electron chi connectivity index (χ1n) is 48.8. The average Bonchev–Trinajstić information content (AvgIpc) is 1.12. The largest absolute Gasteiger partial charge is 0.359 e. The summed E-state index contributed by atoms with van der Waals surface area (Å²) in [4.78, 5) is 12.5. The van der Waals surface area contributed by atoms with Crippen molar-refractivity contribution in [1.29, 1.82) is 0 Å². The smallest absolute Gasteiger partial charge is 0.145 e. The molecule has 2 aromatic heterocycles. The fourth-order valence-corrected chi connectivity index (χ4v) is 21.6. The number of rotatable bonds is 15. The second kappa shape index (κ2) is 37.1. The normalized spacial score (nSPS) is 12.2. The minimum atomic E-state index is 0.0136. The predicted octanol–water partition coefficient (Wildman–Crippen LogP) is 36.6. The van der Waals surface area contributed by atoms with E-state index in [4.69, 9.17) is 9.97 Å². The molecule has 1 N–H and O–H groups in total. The fraction of sp³-hybridized carbons (Fsp3) is 0.0147. The number of aromatic nitrogens is 4. The predicted molar refractivity (Wildman–Crippen MR) is 600 cm³/mol. The van der Waals surface area contributed by atoms with Crippen molar-refractivity contribution < 1.29 is 0 Å². The van der Waals surface area contributed by atoms with E-state index in [1.807, 2.05) is 6.07 Å². The Bertz CT molecular complexity index is 9170. The van der Waals surface area contributed by atoms with Gasteiger partial charge in [0.05, 0.1) is 33.4 Å². The summed E-state index contributed by atoms with van der Waals surface area (Å²) in [6, 6.07) is 194. The number of nitrogens with zero attached hydrogens (tertiary/aromatic N) is 5. The van der Waals surface area contributed by atoms with Gasteiger partial charge in [-0.3, -0.25) is 9.13 Å². The lowest BCUT2D eigenvalue weighted by atomic mass is 9.84. The summed E-state index contributed by atoms with van der Waals surface area (Å²) in [5.74, 6) is 1.88. The van der Waals surface area contributed by atoms with Gasteiger partial charge in [0.2, 0.25) is 0 Å². The maximum Gasteiger partial charge on any atom is 0.145 e. The summed E-state index contributed by atoms with van der Waals surface area (Å²) in [5.41, 5.74) is 36.7. The number of fused-ring (bicyclic) bond motifs is 9. The molecule has 24 aromatic carbocycles. The molecule has 1 atom stereocenters. The zero-order valence-electron chi connectivity index (χ0n) is 78.2. The van der Waals surface area contributed by atoms with E-state index in [9.17, 15) is 0 Å². The van der Waals surface area contributed by atoms with Gasteiger partial charge < -0.3 is 10.2 Å². The minimum absolute atomic E-state index is 0.0136. The van der Waals surface area contributed by atoms with Crippen LogP contribution in [0.25, 0.3) is 221 Å². The van der Waals surface area contributed by atoms with Gasteiger partial charge in [-0.25, -0.2) is 9.97 Å². The Labute approximate surface area is 825 Å². The molecule has 0 fully saturated rings. The topological polar surface area (TPSA) is 50.9 Å². The third-order valence-electron chi connectivity index (χ3n) is 28.1. The lowest BCUT2D eigenvalue weighted by molar-refractivity contribution is 0.828. The van der Waals surface area contributed by atoms with Crippen LogP contribution in [0.4, 0.5) is 17.1 Å². The average molecular weight is 1810 g/mol. The Balaban J connectivity index is 0.000000113. The summed E-state index contributed by atoms with van der Waals surface area (Å²) in [7, 11) is 0. The highest BCUT2D eigenvalue weighted by Gasteiger charge is 2.32. The van der Waals surface area contributed by atoms with Crippen molar-refractivity contribution >= 4 is 104 Å². The molecule has 1 aliphatic heterocycles. The van der Waals surface area contributed by atoms with Crippen LogP contribution in [0.1, 0.15) is 17.3 Å². The molecule has 6 nitrogen and oxygen atoms in total. The number of nitrogens with one attached hydrogen (secondary N) is 1. The summed E-state index contributed by atoms with van der Waals surface area (Å²) in [5, 5.41) is 18.9. The molecule has 0 radical (unpaired) electrons. The first-order valence-corrected chi connectivity index (χ1v) is 48.8. The molecule has 0 saturated carbocycles. The maximum atomic E-state index is 5.10. The molecule has 6 heteroatoms. The molecule has 0 saturated heterocycles. The number of aryl methyl sites for hydroxylation is 1. The Morgan fingerprint density at radius 2 is 0.451 bits per heavy atom.